The molecule has 5 heteroatoms. The molecule has 20 heavy (non-hydrogen) atoms. The molecule has 0 unspecified atom stereocenters. The summed E-state index contributed by atoms with van der Waals surface area (Å²) >= 11 is 0. The van der Waals surface area contributed by atoms with Crippen molar-refractivity contribution in [2.24, 2.45) is 11.3 Å². The molecule has 3 N–H and O–H groups in total. The van der Waals surface area contributed by atoms with Gasteiger partial charge in [-0.2, -0.15) is 0 Å². The third-order valence-corrected chi connectivity index (χ3v) is 4.02. The highest BCUT2D eigenvalue weighted by molar-refractivity contribution is 5.92. The molecular formula is C15H24N4O. The molecule has 1 saturated carbocycles. The highest BCUT2D eigenvalue weighted by atomic mass is 16.1. The Balaban J connectivity index is 1.97. The molecule has 2 rings (SSSR count). The van der Waals surface area contributed by atoms with E-state index in [4.69, 9.17) is 5.73 Å². The number of rotatable bonds is 5. The van der Waals surface area contributed by atoms with Crippen molar-refractivity contribution in [2.45, 2.75) is 46.0 Å². The Hall–Kier alpha value is -1.65. The maximum absolute atomic E-state index is 12.1. The maximum atomic E-state index is 12.1. The molecule has 0 radical (unpaired) electrons. The zero-order valence-corrected chi connectivity index (χ0v) is 12.4. The number of hydrogen-bond donors (Lipinski definition) is 2. The normalized spacial score (nSPS) is 17.4. The number of amides is 1. The molecule has 0 spiro atoms. The van der Waals surface area contributed by atoms with Crippen molar-refractivity contribution in [1.82, 2.24) is 15.3 Å². The summed E-state index contributed by atoms with van der Waals surface area (Å²) in [5.74, 6) is 0.743. The number of carbonyl (C=O) groups excluding carboxylic acids is 1. The van der Waals surface area contributed by atoms with Crippen LogP contribution in [0.25, 0.3) is 0 Å². The molecule has 0 aliphatic heterocycles. The molecule has 5 nitrogen and oxygen atoms in total. The number of hydrogen-bond acceptors (Lipinski definition) is 4. The molecule has 1 amide bonds. The van der Waals surface area contributed by atoms with Crippen LogP contribution in [0.15, 0.2) is 12.4 Å². The second-order valence-electron chi connectivity index (χ2n) is 6.32. The Morgan fingerprint density at radius 3 is 2.70 bits per heavy atom. The van der Waals surface area contributed by atoms with Gasteiger partial charge in [0.2, 0.25) is 0 Å². The Kier molecular flexibility index (Phi) is 4.57. The average molecular weight is 276 g/mol. The molecule has 1 heterocycles. The minimum Gasteiger partial charge on any atom is -0.382 e. The Morgan fingerprint density at radius 2 is 2.10 bits per heavy atom. The van der Waals surface area contributed by atoms with Gasteiger partial charge in [0, 0.05) is 6.54 Å². The van der Waals surface area contributed by atoms with E-state index in [1.165, 1.54) is 38.1 Å². The number of carbonyl (C=O) groups is 1. The minimum atomic E-state index is -0.181. The van der Waals surface area contributed by atoms with Gasteiger partial charge in [-0.25, -0.2) is 4.98 Å². The summed E-state index contributed by atoms with van der Waals surface area (Å²) in [5.41, 5.74) is 6.11. The third-order valence-electron chi connectivity index (χ3n) is 4.02. The van der Waals surface area contributed by atoms with E-state index >= 15 is 0 Å². The van der Waals surface area contributed by atoms with Crippen molar-refractivity contribution in [3.8, 4) is 0 Å². The topological polar surface area (TPSA) is 80.9 Å². The van der Waals surface area contributed by atoms with E-state index in [-0.39, 0.29) is 17.1 Å². The first-order chi connectivity index (χ1) is 9.51. The van der Waals surface area contributed by atoms with E-state index in [0.29, 0.717) is 11.6 Å². The van der Waals surface area contributed by atoms with Gasteiger partial charge in [0.25, 0.3) is 5.91 Å². The SMILES string of the molecule is CC(C)CC1(CNC(=O)c2cncc(N)n2)CCCC1. The number of nitrogens with two attached hydrogens (primary N) is 1. The van der Waals surface area contributed by atoms with Crippen molar-refractivity contribution < 1.29 is 4.79 Å². The van der Waals surface area contributed by atoms with Gasteiger partial charge in [-0.1, -0.05) is 26.7 Å². The lowest BCUT2D eigenvalue weighted by Crippen LogP contribution is -2.37. The number of nitrogen functional groups attached to an aromatic ring is 1. The molecule has 1 aliphatic rings. The van der Waals surface area contributed by atoms with Gasteiger partial charge >= 0.3 is 0 Å². The van der Waals surface area contributed by atoms with Gasteiger partial charge in [0.1, 0.15) is 11.5 Å². The Labute approximate surface area is 120 Å². The predicted molar refractivity (Wildman–Crippen MR) is 79.1 cm³/mol. The van der Waals surface area contributed by atoms with Crippen LogP contribution >= 0.6 is 0 Å². The summed E-state index contributed by atoms with van der Waals surface area (Å²) in [6.07, 6.45) is 8.99. The fraction of sp³-hybridized carbons (Fsp3) is 0.667. The first kappa shape index (κ1) is 14.8. The Bertz CT molecular complexity index is 467. The van der Waals surface area contributed by atoms with E-state index in [0.717, 1.165) is 13.0 Å². The van der Waals surface area contributed by atoms with Crippen molar-refractivity contribution in [2.75, 3.05) is 12.3 Å². The van der Waals surface area contributed by atoms with Gasteiger partial charge in [0.15, 0.2) is 0 Å². The predicted octanol–water partition coefficient (Wildman–Crippen LogP) is 2.40. The first-order valence-electron chi connectivity index (χ1n) is 7.36. The van der Waals surface area contributed by atoms with Crippen LogP contribution in [0.5, 0.6) is 0 Å². The molecule has 0 saturated heterocycles. The number of nitrogens with zero attached hydrogens (tertiary/aromatic N) is 2. The van der Waals surface area contributed by atoms with Crippen molar-refractivity contribution in [1.29, 1.82) is 0 Å². The first-order valence-corrected chi connectivity index (χ1v) is 7.36. The van der Waals surface area contributed by atoms with Crippen LogP contribution in [0.4, 0.5) is 5.82 Å². The van der Waals surface area contributed by atoms with E-state index < -0.39 is 0 Å². The summed E-state index contributed by atoms with van der Waals surface area (Å²) < 4.78 is 0. The average Bonchev–Trinajstić information content (AvgIpc) is 2.84. The van der Waals surface area contributed by atoms with Gasteiger partial charge in [-0.15, -0.1) is 0 Å². The molecule has 110 valence electrons. The molecule has 1 aliphatic carbocycles. The minimum absolute atomic E-state index is 0.181. The largest absolute Gasteiger partial charge is 0.382 e. The van der Waals surface area contributed by atoms with Crippen LogP contribution in [-0.4, -0.2) is 22.4 Å². The number of aromatic nitrogens is 2. The van der Waals surface area contributed by atoms with Gasteiger partial charge in [0.05, 0.1) is 12.4 Å². The molecule has 0 aromatic carbocycles. The lowest BCUT2D eigenvalue weighted by molar-refractivity contribution is 0.0916. The van der Waals surface area contributed by atoms with Crippen molar-refractivity contribution in [3.05, 3.63) is 18.1 Å². The zero-order valence-electron chi connectivity index (χ0n) is 12.4. The van der Waals surface area contributed by atoms with Crippen LogP contribution in [0, 0.1) is 11.3 Å². The summed E-state index contributed by atoms with van der Waals surface area (Å²) in [4.78, 5) is 20.0. The highest BCUT2D eigenvalue weighted by Gasteiger charge is 2.34. The van der Waals surface area contributed by atoms with E-state index in [2.05, 4.69) is 29.1 Å². The summed E-state index contributed by atoms with van der Waals surface area (Å²) in [6, 6.07) is 0. The van der Waals surface area contributed by atoms with Crippen LogP contribution in [-0.2, 0) is 0 Å². The van der Waals surface area contributed by atoms with Crippen LogP contribution in [0.2, 0.25) is 0 Å². The lowest BCUT2D eigenvalue weighted by Gasteiger charge is -2.31. The molecule has 0 bridgehead atoms. The lowest BCUT2D eigenvalue weighted by atomic mass is 9.78. The van der Waals surface area contributed by atoms with Crippen molar-refractivity contribution in [3.63, 3.8) is 0 Å². The number of nitrogens with one attached hydrogen (secondary N) is 1. The second kappa shape index (κ2) is 6.20. The van der Waals surface area contributed by atoms with Crippen LogP contribution in [0.3, 0.4) is 0 Å². The third kappa shape index (κ3) is 3.68. The van der Waals surface area contributed by atoms with Crippen LogP contribution in [0.1, 0.15) is 56.4 Å². The number of anilines is 1. The molecule has 1 aromatic heterocycles. The van der Waals surface area contributed by atoms with Gasteiger partial charge in [-0.3, -0.25) is 9.78 Å². The molecular weight excluding hydrogens is 252 g/mol. The highest BCUT2D eigenvalue weighted by Crippen LogP contribution is 2.42. The van der Waals surface area contributed by atoms with E-state index in [1.54, 1.807) is 0 Å². The van der Waals surface area contributed by atoms with E-state index in [9.17, 15) is 4.79 Å². The van der Waals surface area contributed by atoms with Crippen molar-refractivity contribution >= 4 is 11.7 Å². The summed E-state index contributed by atoms with van der Waals surface area (Å²) in [5, 5.41) is 3.02. The second-order valence-corrected chi connectivity index (χ2v) is 6.32. The standard InChI is InChI=1S/C15H24N4O/c1-11(2)7-15(5-3-4-6-15)10-18-14(20)12-8-17-9-13(16)19-12/h8-9,11H,3-7,10H2,1-2H3,(H2,16,19)(H,18,20). The van der Waals surface area contributed by atoms with Gasteiger partial charge in [-0.05, 0) is 30.6 Å². The fourth-order valence-corrected chi connectivity index (χ4v) is 3.29. The summed E-state index contributed by atoms with van der Waals surface area (Å²) in [6.45, 7) is 5.21. The summed E-state index contributed by atoms with van der Waals surface area (Å²) in [7, 11) is 0. The van der Waals surface area contributed by atoms with E-state index in [1.807, 2.05) is 0 Å². The fourth-order valence-electron chi connectivity index (χ4n) is 3.29. The van der Waals surface area contributed by atoms with Gasteiger partial charge < -0.3 is 11.1 Å². The zero-order chi connectivity index (χ0) is 14.6. The smallest absolute Gasteiger partial charge is 0.271 e. The Morgan fingerprint density at radius 1 is 1.40 bits per heavy atom. The molecule has 0 atom stereocenters. The van der Waals surface area contributed by atoms with Crippen LogP contribution < -0.4 is 11.1 Å². The molecule has 1 aromatic rings. The monoisotopic (exact) mass is 276 g/mol. The maximum Gasteiger partial charge on any atom is 0.271 e. The molecule has 1 fully saturated rings. The quantitative estimate of drug-likeness (QED) is 0.865.